The number of benzene rings is 2. The fraction of sp³-hybridized carbons (Fsp3) is 0.0476. The molecule has 0 heteroatoms. The summed E-state index contributed by atoms with van der Waals surface area (Å²) >= 11 is 0. The molecule has 0 saturated heterocycles. The molecule has 2 aromatic carbocycles. The summed E-state index contributed by atoms with van der Waals surface area (Å²) in [5, 5.41) is 0. The van der Waals surface area contributed by atoms with Gasteiger partial charge >= 0.3 is 0 Å². The zero-order valence-electron chi connectivity index (χ0n) is 11.6. The molecule has 1 aliphatic carbocycles. The third kappa shape index (κ3) is 3.53. The van der Waals surface area contributed by atoms with Crippen molar-refractivity contribution < 1.29 is 0 Å². The molecule has 0 fully saturated rings. The van der Waals surface area contributed by atoms with E-state index in [1.165, 1.54) is 0 Å². The van der Waals surface area contributed by atoms with Crippen LogP contribution in [-0.4, -0.2) is 0 Å². The third-order valence-electron chi connectivity index (χ3n) is 3.19. The highest BCUT2D eigenvalue weighted by Gasteiger charge is 2.09. The Morgan fingerprint density at radius 1 is 0.667 bits per heavy atom. The van der Waals surface area contributed by atoms with Crippen LogP contribution in [0.1, 0.15) is 11.1 Å². The van der Waals surface area contributed by atoms with Crippen LogP contribution in [0.15, 0.2) is 84.5 Å². The van der Waals surface area contributed by atoms with Gasteiger partial charge in [0, 0.05) is 16.7 Å². The Hall–Kier alpha value is -2.96. The van der Waals surface area contributed by atoms with Crippen molar-refractivity contribution >= 4 is 0 Å². The SMILES string of the molecule is C(#Cc1ccccc1)C1=CC=CC1C#Cc1ccccc1. The molecule has 2 aromatic rings. The Bertz CT molecular complexity index is 785. The summed E-state index contributed by atoms with van der Waals surface area (Å²) in [6.07, 6.45) is 6.16. The molecule has 0 radical (unpaired) electrons. The highest BCUT2D eigenvalue weighted by molar-refractivity contribution is 5.50. The average molecular weight is 266 g/mol. The van der Waals surface area contributed by atoms with Gasteiger partial charge in [-0.2, -0.15) is 0 Å². The van der Waals surface area contributed by atoms with Crippen LogP contribution in [-0.2, 0) is 0 Å². The molecule has 1 atom stereocenters. The van der Waals surface area contributed by atoms with E-state index >= 15 is 0 Å². The van der Waals surface area contributed by atoms with E-state index in [1.54, 1.807) is 0 Å². The summed E-state index contributed by atoms with van der Waals surface area (Å²) in [6.45, 7) is 0. The predicted octanol–water partition coefficient (Wildman–Crippen LogP) is 4.20. The molecule has 0 spiro atoms. The second-order valence-electron chi connectivity index (χ2n) is 4.74. The topological polar surface area (TPSA) is 0 Å². The van der Waals surface area contributed by atoms with E-state index in [0.29, 0.717) is 0 Å². The van der Waals surface area contributed by atoms with Crippen LogP contribution >= 0.6 is 0 Å². The predicted molar refractivity (Wildman–Crippen MR) is 87.4 cm³/mol. The summed E-state index contributed by atoms with van der Waals surface area (Å²) in [4.78, 5) is 0. The van der Waals surface area contributed by atoms with Crippen molar-refractivity contribution in [2.45, 2.75) is 0 Å². The molecular weight excluding hydrogens is 252 g/mol. The number of hydrogen-bond acceptors (Lipinski definition) is 0. The average Bonchev–Trinajstić information content (AvgIpc) is 3.00. The summed E-state index contributed by atoms with van der Waals surface area (Å²) < 4.78 is 0. The van der Waals surface area contributed by atoms with Gasteiger partial charge in [0.25, 0.3) is 0 Å². The van der Waals surface area contributed by atoms with Crippen LogP contribution in [0.4, 0.5) is 0 Å². The van der Waals surface area contributed by atoms with Crippen molar-refractivity contribution in [1.82, 2.24) is 0 Å². The fourth-order valence-corrected chi connectivity index (χ4v) is 2.07. The summed E-state index contributed by atoms with van der Waals surface area (Å²) in [5.74, 6) is 13.0. The van der Waals surface area contributed by atoms with Crippen LogP contribution in [0.3, 0.4) is 0 Å². The molecule has 1 aliphatic rings. The molecule has 21 heavy (non-hydrogen) atoms. The maximum atomic E-state index is 3.28. The number of allylic oxidation sites excluding steroid dienone is 4. The molecule has 0 nitrogen and oxygen atoms in total. The molecule has 0 amide bonds. The van der Waals surface area contributed by atoms with Gasteiger partial charge in [-0.3, -0.25) is 0 Å². The monoisotopic (exact) mass is 266 g/mol. The lowest BCUT2D eigenvalue weighted by Gasteiger charge is -1.99. The normalized spacial score (nSPS) is 15.4. The first kappa shape index (κ1) is 13.0. The first-order chi connectivity index (χ1) is 10.4. The van der Waals surface area contributed by atoms with Gasteiger partial charge in [0.2, 0.25) is 0 Å². The van der Waals surface area contributed by atoms with Crippen LogP contribution < -0.4 is 0 Å². The maximum absolute atomic E-state index is 3.28. The Balaban J connectivity index is 1.76. The van der Waals surface area contributed by atoms with E-state index in [-0.39, 0.29) is 5.92 Å². The molecule has 0 bridgehead atoms. The van der Waals surface area contributed by atoms with E-state index in [0.717, 1.165) is 16.7 Å². The highest BCUT2D eigenvalue weighted by atomic mass is 14.1. The first-order valence-electron chi connectivity index (χ1n) is 6.94. The van der Waals surface area contributed by atoms with E-state index < -0.39 is 0 Å². The van der Waals surface area contributed by atoms with Crippen molar-refractivity contribution in [3.63, 3.8) is 0 Å². The molecular formula is C21H14. The highest BCUT2D eigenvalue weighted by Crippen LogP contribution is 2.18. The second kappa shape index (κ2) is 6.47. The lowest BCUT2D eigenvalue weighted by molar-refractivity contribution is 1.09. The maximum Gasteiger partial charge on any atom is 0.0718 e. The van der Waals surface area contributed by atoms with E-state index in [4.69, 9.17) is 0 Å². The largest absolute Gasteiger partial charge is 0.0848 e. The summed E-state index contributed by atoms with van der Waals surface area (Å²) in [7, 11) is 0. The standard InChI is InChI=1S/C21H14/c1-3-8-18(9-4-1)14-16-20-12-7-13-21(20)17-15-19-10-5-2-6-11-19/h1-13,20H. The van der Waals surface area contributed by atoms with E-state index in [9.17, 15) is 0 Å². The van der Waals surface area contributed by atoms with Gasteiger partial charge in [-0.1, -0.05) is 72.2 Å². The molecule has 0 heterocycles. The van der Waals surface area contributed by atoms with Gasteiger partial charge in [-0.05, 0) is 30.3 Å². The number of hydrogen-bond donors (Lipinski definition) is 0. The molecule has 0 aromatic heterocycles. The molecule has 1 unspecified atom stereocenters. The van der Waals surface area contributed by atoms with Crippen LogP contribution in [0, 0.1) is 29.6 Å². The van der Waals surface area contributed by atoms with E-state index in [2.05, 4.69) is 29.8 Å². The van der Waals surface area contributed by atoms with Crippen molar-refractivity contribution in [3.05, 3.63) is 95.6 Å². The first-order valence-corrected chi connectivity index (χ1v) is 6.94. The third-order valence-corrected chi connectivity index (χ3v) is 3.19. The minimum absolute atomic E-state index is 0.0985. The minimum atomic E-state index is 0.0985. The Morgan fingerprint density at radius 2 is 1.29 bits per heavy atom. The van der Waals surface area contributed by atoms with Crippen molar-refractivity contribution in [3.8, 4) is 23.7 Å². The van der Waals surface area contributed by atoms with Gasteiger partial charge in [-0.15, -0.1) is 0 Å². The molecule has 98 valence electrons. The quantitative estimate of drug-likeness (QED) is 0.627. The van der Waals surface area contributed by atoms with Crippen molar-refractivity contribution in [2.24, 2.45) is 5.92 Å². The lowest BCUT2D eigenvalue weighted by atomic mass is 10.0. The Labute approximate surface area is 125 Å². The van der Waals surface area contributed by atoms with Crippen LogP contribution in [0.2, 0.25) is 0 Å². The fourth-order valence-electron chi connectivity index (χ4n) is 2.07. The summed E-state index contributed by atoms with van der Waals surface area (Å²) in [6, 6.07) is 20.1. The lowest BCUT2D eigenvalue weighted by Crippen LogP contribution is -1.92. The van der Waals surface area contributed by atoms with E-state index in [1.807, 2.05) is 72.8 Å². The smallest absolute Gasteiger partial charge is 0.0718 e. The molecule has 0 aliphatic heterocycles. The zero-order valence-corrected chi connectivity index (χ0v) is 11.6. The molecule has 3 rings (SSSR count). The van der Waals surface area contributed by atoms with Gasteiger partial charge in [0.05, 0.1) is 5.92 Å². The van der Waals surface area contributed by atoms with Gasteiger partial charge in [0.1, 0.15) is 0 Å². The Morgan fingerprint density at radius 3 is 1.95 bits per heavy atom. The molecule has 0 N–H and O–H groups in total. The minimum Gasteiger partial charge on any atom is -0.0848 e. The number of rotatable bonds is 0. The van der Waals surface area contributed by atoms with Gasteiger partial charge in [0.15, 0.2) is 0 Å². The zero-order chi connectivity index (χ0) is 14.3. The van der Waals surface area contributed by atoms with Crippen LogP contribution in [0.5, 0.6) is 0 Å². The van der Waals surface area contributed by atoms with Crippen LogP contribution in [0.25, 0.3) is 0 Å². The Kier molecular flexibility index (Phi) is 4.02. The van der Waals surface area contributed by atoms with Crippen molar-refractivity contribution in [2.75, 3.05) is 0 Å². The summed E-state index contributed by atoms with van der Waals surface area (Å²) in [5.41, 5.74) is 3.12. The molecule has 0 saturated carbocycles. The van der Waals surface area contributed by atoms with Gasteiger partial charge < -0.3 is 0 Å². The van der Waals surface area contributed by atoms with Crippen molar-refractivity contribution in [1.29, 1.82) is 0 Å². The second-order valence-corrected chi connectivity index (χ2v) is 4.74. The van der Waals surface area contributed by atoms with Gasteiger partial charge in [-0.25, -0.2) is 0 Å².